The summed E-state index contributed by atoms with van der Waals surface area (Å²) in [6.45, 7) is 0.119. The van der Waals surface area contributed by atoms with Crippen LogP contribution in [-0.4, -0.2) is 22.2 Å². The number of aromatic nitrogens is 1. The van der Waals surface area contributed by atoms with E-state index in [1.165, 1.54) is 0 Å². The molecule has 2 N–H and O–H groups in total. The van der Waals surface area contributed by atoms with Gasteiger partial charge in [-0.3, -0.25) is 4.79 Å². The Hall–Kier alpha value is -1.78. The molecule has 0 saturated heterocycles. The molecule has 100 valence electrons. The SMILES string of the molecule is Cn1cc(Cl)cc1C(=O)Nc1ccc(CCO)cc1. The van der Waals surface area contributed by atoms with E-state index >= 15 is 0 Å². The number of nitrogens with one attached hydrogen (secondary N) is 1. The molecule has 0 aliphatic rings. The Morgan fingerprint density at radius 3 is 2.58 bits per heavy atom. The summed E-state index contributed by atoms with van der Waals surface area (Å²) in [5.41, 5.74) is 2.25. The maximum atomic E-state index is 12.0. The van der Waals surface area contributed by atoms with E-state index < -0.39 is 0 Å². The summed E-state index contributed by atoms with van der Waals surface area (Å²) in [4.78, 5) is 12.0. The van der Waals surface area contributed by atoms with Crippen molar-refractivity contribution < 1.29 is 9.90 Å². The van der Waals surface area contributed by atoms with Crippen LogP contribution in [0.5, 0.6) is 0 Å². The monoisotopic (exact) mass is 278 g/mol. The zero-order chi connectivity index (χ0) is 13.8. The van der Waals surface area contributed by atoms with Gasteiger partial charge >= 0.3 is 0 Å². The van der Waals surface area contributed by atoms with Gasteiger partial charge in [-0.15, -0.1) is 0 Å². The molecule has 0 unspecified atom stereocenters. The van der Waals surface area contributed by atoms with Crippen molar-refractivity contribution in [2.45, 2.75) is 6.42 Å². The largest absolute Gasteiger partial charge is 0.396 e. The Morgan fingerprint density at radius 1 is 1.37 bits per heavy atom. The Balaban J connectivity index is 2.08. The third-order valence-electron chi connectivity index (χ3n) is 2.82. The lowest BCUT2D eigenvalue weighted by Crippen LogP contribution is -2.15. The molecule has 4 nitrogen and oxygen atoms in total. The number of anilines is 1. The zero-order valence-corrected chi connectivity index (χ0v) is 11.3. The van der Waals surface area contributed by atoms with Crippen LogP contribution in [-0.2, 0) is 13.5 Å². The van der Waals surface area contributed by atoms with Gasteiger partial charge in [0.15, 0.2) is 0 Å². The van der Waals surface area contributed by atoms with Gasteiger partial charge in [0, 0.05) is 25.5 Å². The van der Waals surface area contributed by atoms with E-state index in [2.05, 4.69) is 5.32 Å². The number of carbonyl (C=O) groups is 1. The highest BCUT2D eigenvalue weighted by molar-refractivity contribution is 6.31. The van der Waals surface area contributed by atoms with Gasteiger partial charge in [-0.1, -0.05) is 23.7 Å². The minimum Gasteiger partial charge on any atom is -0.396 e. The fourth-order valence-electron chi connectivity index (χ4n) is 1.83. The van der Waals surface area contributed by atoms with Gasteiger partial charge < -0.3 is 15.0 Å². The summed E-state index contributed by atoms with van der Waals surface area (Å²) in [5.74, 6) is -0.204. The second-order valence-corrected chi connectivity index (χ2v) is 4.72. The van der Waals surface area contributed by atoms with Gasteiger partial charge in [-0.25, -0.2) is 0 Å². The normalized spacial score (nSPS) is 10.5. The number of halogens is 1. The van der Waals surface area contributed by atoms with Crippen molar-refractivity contribution in [2.75, 3.05) is 11.9 Å². The molecule has 0 spiro atoms. The number of hydrogen-bond acceptors (Lipinski definition) is 2. The maximum Gasteiger partial charge on any atom is 0.272 e. The van der Waals surface area contributed by atoms with Crippen molar-refractivity contribution in [1.29, 1.82) is 0 Å². The first-order chi connectivity index (χ1) is 9.10. The molecule has 0 radical (unpaired) electrons. The number of aliphatic hydroxyl groups excluding tert-OH is 1. The number of amides is 1. The Kier molecular flexibility index (Phi) is 4.24. The molecule has 1 heterocycles. The van der Waals surface area contributed by atoms with E-state index in [-0.39, 0.29) is 12.5 Å². The molecule has 0 aliphatic carbocycles. The summed E-state index contributed by atoms with van der Waals surface area (Å²) < 4.78 is 1.68. The first kappa shape index (κ1) is 13.6. The first-order valence-corrected chi connectivity index (χ1v) is 6.31. The molecule has 0 saturated carbocycles. The number of aliphatic hydroxyl groups is 1. The average molecular weight is 279 g/mol. The standard InChI is InChI=1S/C14H15ClN2O2/c1-17-9-11(15)8-13(17)14(19)16-12-4-2-10(3-5-12)6-7-18/h2-5,8-9,18H,6-7H2,1H3,(H,16,19). The fraction of sp³-hybridized carbons (Fsp3) is 0.214. The number of aryl methyl sites for hydroxylation is 1. The van der Waals surface area contributed by atoms with Gasteiger partial charge in [-0.05, 0) is 30.2 Å². The Morgan fingerprint density at radius 2 is 2.05 bits per heavy atom. The molecular formula is C14H15ClN2O2. The maximum absolute atomic E-state index is 12.0. The van der Waals surface area contributed by atoms with Crippen LogP contribution in [0.3, 0.4) is 0 Å². The molecule has 0 bridgehead atoms. The molecule has 19 heavy (non-hydrogen) atoms. The van der Waals surface area contributed by atoms with E-state index in [0.717, 1.165) is 5.56 Å². The number of rotatable bonds is 4. The van der Waals surface area contributed by atoms with Gasteiger partial charge in [0.25, 0.3) is 5.91 Å². The topological polar surface area (TPSA) is 54.3 Å². The fourth-order valence-corrected chi connectivity index (χ4v) is 2.08. The molecule has 1 aromatic carbocycles. The van der Waals surface area contributed by atoms with Crippen LogP contribution in [0, 0.1) is 0 Å². The summed E-state index contributed by atoms with van der Waals surface area (Å²) in [7, 11) is 1.77. The van der Waals surface area contributed by atoms with Crippen LogP contribution >= 0.6 is 11.6 Å². The molecule has 0 aliphatic heterocycles. The highest BCUT2D eigenvalue weighted by Crippen LogP contribution is 2.15. The predicted octanol–water partition coefficient (Wildman–Crippen LogP) is 2.47. The van der Waals surface area contributed by atoms with Crippen LogP contribution in [0.25, 0.3) is 0 Å². The van der Waals surface area contributed by atoms with E-state index in [4.69, 9.17) is 16.7 Å². The second-order valence-electron chi connectivity index (χ2n) is 4.28. The third kappa shape index (κ3) is 3.36. The van der Waals surface area contributed by atoms with Gasteiger partial charge in [0.05, 0.1) is 5.02 Å². The second kappa shape index (κ2) is 5.91. The van der Waals surface area contributed by atoms with Gasteiger partial charge in [-0.2, -0.15) is 0 Å². The Bertz CT molecular complexity index is 576. The van der Waals surface area contributed by atoms with Gasteiger partial charge in [0.2, 0.25) is 0 Å². The third-order valence-corrected chi connectivity index (χ3v) is 3.02. The smallest absolute Gasteiger partial charge is 0.272 e. The highest BCUT2D eigenvalue weighted by Gasteiger charge is 2.11. The number of benzene rings is 1. The highest BCUT2D eigenvalue weighted by atomic mass is 35.5. The van der Waals surface area contributed by atoms with E-state index in [1.54, 1.807) is 23.9 Å². The van der Waals surface area contributed by atoms with Crippen molar-refractivity contribution in [3.05, 3.63) is 52.8 Å². The minimum absolute atomic E-state index is 0.119. The summed E-state index contributed by atoms with van der Waals surface area (Å²) in [6, 6.07) is 9.01. The van der Waals surface area contributed by atoms with Crippen LogP contribution in [0.2, 0.25) is 5.02 Å². The molecule has 5 heteroatoms. The lowest BCUT2D eigenvalue weighted by Gasteiger charge is -2.06. The lowest BCUT2D eigenvalue weighted by molar-refractivity contribution is 0.101. The van der Waals surface area contributed by atoms with E-state index in [0.29, 0.717) is 22.8 Å². The van der Waals surface area contributed by atoms with E-state index in [1.807, 2.05) is 24.3 Å². The van der Waals surface area contributed by atoms with Crippen LogP contribution in [0.1, 0.15) is 16.1 Å². The average Bonchev–Trinajstić information content (AvgIpc) is 2.71. The molecule has 1 amide bonds. The quantitative estimate of drug-likeness (QED) is 0.903. The van der Waals surface area contributed by atoms with Crippen molar-refractivity contribution in [3.8, 4) is 0 Å². The summed E-state index contributed by atoms with van der Waals surface area (Å²) in [6.07, 6.45) is 2.29. The van der Waals surface area contributed by atoms with E-state index in [9.17, 15) is 4.79 Å². The van der Waals surface area contributed by atoms with Crippen molar-refractivity contribution >= 4 is 23.2 Å². The molecule has 0 atom stereocenters. The van der Waals surface area contributed by atoms with Crippen LogP contribution < -0.4 is 5.32 Å². The Labute approximate surface area is 116 Å². The first-order valence-electron chi connectivity index (χ1n) is 5.93. The number of nitrogens with zero attached hydrogens (tertiary/aromatic N) is 1. The van der Waals surface area contributed by atoms with Crippen molar-refractivity contribution in [3.63, 3.8) is 0 Å². The molecular weight excluding hydrogens is 264 g/mol. The predicted molar refractivity (Wildman–Crippen MR) is 75.6 cm³/mol. The number of carbonyl (C=O) groups excluding carboxylic acids is 1. The molecule has 1 aromatic heterocycles. The van der Waals surface area contributed by atoms with Crippen LogP contribution in [0.4, 0.5) is 5.69 Å². The van der Waals surface area contributed by atoms with Crippen LogP contribution in [0.15, 0.2) is 36.5 Å². The molecule has 0 fully saturated rings. The van der Waals surface area contributed by atoms with Crippen molar-refractivity contribution in [2.24, 2.45) is 7.05 Å². The number of hydrogen-bond donors (Lipinski definition) is 2. The summed E-state index contributed by atoms with van der Waals surface area (Å²) >= 11 is 5.84. The minimum atomic E-state index is -0.204. The summed E-state index contributed by atoms with van der Waals surface area (Å²) in [5, 5.41) is 12.2. The molecule has 2 aromatic rings. The van der Waals surface area contributed by atoms with Gasteiger partial charge in [0.1, 0.15) is 5.69 Å². The zero-order valence-electron chi connectivity index (χ0n) is 10.6. The van der Waals surface area contributed by atoms with Crippen molar-refractivity contribution in [1.82, 2.24) is 4.57 Å². The lowest BCUT2D eigenvalue weighted by atomic mass is 10.1. The molecule has 2 rings (SSSR count).